The fraction of sp³-hybridized carbons (Fsp3) is 0.167. The van der Waals surface area contributed by atoms with Crippen LogP contribution in [-0.2, 0) is 6.42 Å². The number of halogens is 4. The maximum atomic E-state index is 13.6. The maximum absolute atomic E-state index is 13.6. The van der Waals surface area contributed by atoms with Crippen molar-refractivity contribution in [3.63, 3.8) is 0 Å². The van der Waals surface area contributed by atoms with Crippen molar-refractivity contribution in [1.82, 2.24) is 9.97 Å². The fourth-order valence-electron chi connectivity index (χ4n) is 1.53. The predicted molar refractivity (Wildman–Crippen MR) is 81.0 cm³/mol. The SMILES string of the molecule is Fc1cc(Br)cc(F)c1CCNc1nccc(I)n1. The predicted octanol–water partition coefficient (Wildman–Crippen LogP) is 3.78. The van der Waals surface area contributed by atoms with Crippen LogP contribution in [0.1, 0.15) is 5.56 Å². The van der Waals surface area contributed by atoms with Gasteiger partial charge < -0.3 is 5.32 Å². The number of anilines is 1. The summed E-state index contributed by atoms with van der Waals surface area (Å²) in [6.07, 6.45) is 1.84. The number of hydrogen-bond acceptors (Lipinski definition) is 3. The van der Waals surface area contributed by atoms with E-state index in [2.05, 4.69) is 53.8 Å². The van der Waals surface area contributed by atoms with Crippen LogP contribution in [0.5, 0.6) is 0 Å². The molecule has 1 heterocycles. The minimum absolute atomic E-state index is 0.0568. The molecule has 0 unspecified atom stereocenters. The van der Waals surface area contributed by atoms with Crippen molar-refractivity contribution in [1.29, 1.82) is 0 Å². The van der Waals surface area contributed by atoms with Gasteiger partial charge in [0.1, 0.15) is 15.3 Å². The maximum Gasteiger partial charge on any atom is 0.223 e. The number of aromatic nitrogens is 2. The van der Waals surface area contributed by atoms with Gasteiger partial charge >= 0.3 is 0 Å². The summed E-state index contributed by atoms with van der Waals surface area (Å²) >= 11 is 5.11. The van der Waals surface area contributed by atoms with E-state index in [4.69, 9.17) is 0 Å². The normalized spacial score (nSPS) is 10.5. The van der Waals surface area contributed by atoms with Gasteiger partial charge in [0.05, 0.1) is 0 Å². The van der Waals surface area contributed by atoms with Gasteiger partial charge in [-0.05, 0) is 47.2 Å². The van der Waals surface area contributed by atoms with Gasteiger partial charge in [0.2, 0.25) is 5.95 Å². The molecule has 2 aromatic rings. The lowest BCUT2D eigenvalue weighted by molar-refractivity contribution is 0.555. The molecule has 19 heavy (non-hydrogen) atoms. The Kier molecular flexibility index (Phi) is 5.03. The van der Waals surface area contributed by atoms with Crippen LogP contribution in [-0.4, -0.2) is 16.5 Å². The molecule has 0 amide bonds. The molecule has 1 aromatic heterocycles. The zero-order chi connectivity index (χ0) is 13.8. The molecule has 100 valence electrons. The summed E-state index contributed by atoms with van der Waals surface area (Å²) in [6, 6.07) is 4.26. The number of rotatable bonds is 4. The van der Waals surface area contributed by atoms with Crippen LogP contribution in [0.3, 0.4) is 0 Å². The first kappa shape index (κ1) is 14.6. The lowest BCUT2D eigenvalue weighted by atomic mass is 10.1. The van der Waals surface area contributed by atoms with E-state index in [1.165, 1.54) is 12.1 Å². The summed E-state index contributed by atoms with van der Waals surface area (Å²) in [5.74, 6) is -0.667. The number of hydrogen-bond donors (Lipinski definition) is 1. The van der Waals surface area contributed by atoms with Crippen molar-refractivity contribution >= 4 is 44.5 Å². The second-order valence-corrected chi connectivity index (χ2v) is 5.75. The summed E-state index contributed by atoms with van der Waals surface area (Å²) in [5.41, 5.74) is 0.0568. The second kappa shape index (κ2) is 6.56. The topological polar surface area (TPSA) is 37.8 Å². The van der Waals surface area contributed by atoms with Crippen LogP contribution < -0.4 is 5.32 Å². The Bertz CT molecular complexity index is 572. The fourth-order valence-corrected chi connectivity index (χ4v) is 2.32. The van der Waals surface area contributed by atoms with E-state index in [1.807, 2.05) is 0 Å². The Labute approximate surface area is 131 Å². The van der Waals surface area contributed by atoms with E-state index in [9.17, 15) is 8.78 Å². The first-order chi connectivity index (χ1) is 9.06. The van der Waals surface area contributed by atoms with Gasteiger partial charge in [-0.3, -0.25) is 0 Å². The minimum atomic E-state index is -0.558. The van der Waals surface area contributed by atoms with Crippen LogP contribution >= 0.6 is 38.5 Å². The van der Waals surface area contributed by atoms with Gasteiger partial charge in [0.15, 0.2) is 0 Å². The third-order valence-electron chi connectivity index (χ3n) is 2.39. The molecule has 1 N–H and O–H groups in total. The standard InChI is InChI=1S/C12H9BrF2IN3/c13-7-5-9(14)8(10(15)6-7)1-3-17-12-18-4-2-11(16)19-12/h2,4-6H,1,3H2,(H,17,18,19). The number of nitrogens with zero attached hydrogens (tertiary/aromatic N) is 2. The summed E-state index contributed by atoms with van der Waals surface area (Å²) in [4.78, 5) is 8.14. The van der Waals surface area contributed by atoms with Gasteiger partial charge in [0, 0.05) is 22.8 Å². The number of nitrogens with one attached hydrogen (secondary N) is 1. The monoisotopic (exact) mass is 439 g/mol. The molecule has 3 nitrogen and oxygen atoms in total. The van der Waals surface area contributed by atoms with Gasteiger partial charge in [-0.1, -0.05) is 15.9 Å². The highest BCUT2D eigenvalue weighted by Crippen LogP contribution is 2.19. The van der Waals surface area contributed by atoms with Gasteiger partial charge in [-0.2, -0.15) is 0 Å². The Balaban J connectivity index is 2.00. The quantitative estimate of drug-likeness (QED) is 0.582. The van der Waals surface area contributed by atoms with E-state index in [-0.39, 0.29) is 12.0 Å². The molecule has 0 aliphatic carbocycles. The molecule has 0 radical (unpaired) electrons. The average molecular weight is 440 g/mol. The molecule has 0 spiro atoms. The van der Waals surface area contributed by atoms with E-state index in [0.717, 1.165) is 3.70 Å². The van der Waals surface area contributed by atoms with Crippen LogP contribution in [0, 0.1) is 15.3 Å². The Morgan fingerprint density at radius 3 is 2.58 bits per heavy atom. The molecule has 0 aliphatic heterocycles. The first-order valence-corrected chi connectivity index (χ1v) is 7.29. The van der Waals surface area contributed by atoms with Crippen molar-refractivity contribution in [2.75, 3.05) is 11.9 Å². The Hall–Kier alpha value is -0.830. The lowest BCUT2D eigenvalue weighted by Crippen LogP contribution is -2.10. The third-order valence-corrected chi connectivity index (χ3v) is 3.44. The molecular formula is C12H9BrF2IN3. The summed E-state index contributed by atoms with van der Waals surface area (Å²) < 4.78 is 28.3. The van der Waals surface area contributed by atoms with Crippen LogP contribution in [0.4, 0.5) is 14.7 Å². The Morgan fingerprint density at radius 2 is 1.95 bits per heavy atom. The molecule has 7 heteroatoms. The molecular weight excluding hydrogens is 431 g/mol. The summed E-state index contributed by atoms with van der Waals surface area (Å²) in [6.45, 7) is 0.357. The van der Waals surface area contributed by atoms with Crippen molar-refractivity contribution in [3.05, 3.63) is 49.8 Å². The van der Waals surface area contributed by atoms with E-state index >= 15 is 0 Å². The molecule has 1 aromatic carbocycles. The van der Waals surface area contributed by atoms with Crippen LogP contribution in [0.25, 0.3) is 0 Å². The zero-order valence-corrected chi connectivity index (χ0v) is 13.4. The molecule has 0 atom stereocenters. The lowest BCUT2D eigenvalue weighted by Gasteiger charge is -2.07. The van der Waals surface area contributed by atoms with Gasteiger partial charge in [-0.25, -0.2) is 18.7 Å². The number of benzene rings is 1. The molecule has 0 bridgehead atoms. The van der Waals surface area contributed by atoms with E-state index in [1.54, 1.807) is 12.3 Å². The molecule has 2 rings (SSSR count). The van der Waals surface area contributed by atoms with Crippen LogP contribution in [0.2, 0.25) is 0 Å². The third kappa shape index (κ3) is 4.07. The molecule has 0 saturated carbocycles. The largest absolute Gasteiger partial charge is 0.354 e. The van der Waals surface area contributed by atoms with E-state index in [0.29, 0.717) is 17.0 Å². The highest BCUT2D eigenvalue weighted by molar-refractivity contribution is 14.1. The average Bonchev–Trinajstić information content (AvgIpc) is 2.32. The highest BCUT2D eigenvalue weighted by atomic mass is 127. The first-order valence-electron chi connectivity index (χ1n) is 5.42. The van der Waals surface area contributed by atoms with Gasteiger partial charge in [0.25, 0.3) is 0 Å². The van der Waals surface area contributed by atoms with Crippen molar-refractivity contribution in [2.45, 2.75) is 6.42 Å². The highest BCUT2D eigenvalue weighted by Gasteiger charge is 2.10. The minimum Gasteiger partial charge on any atom is -0.354 e. The van der Waals surface area contributed by atoms with Crippen LogP contribution in [0.15, 0.2) is 28.9 Å². The van der Waals surface area contributed by atoms with Crippen molar-refractivity contribution in [2.24, 2.45) is 0 Å². The Morgan fingerprint density at radius 1 is 1.26 bits per heavy atom. The second-order valence-electron chi connectivity index (χ2n) is 3.73. The van der Waals surface area contributed by atoms with Crippen molar-refractivity contribution in [3.8, 4) is 0 Å². The molecule has 0 aliphatic rings. The van der Waals surface area contributed by atoms with Gasteiger partial charge in [-0.15, -0.1) is 0 Å². The zero-order valence-electron chi connectivity index (χ0n) is 9.63. The molecule has 0 fully saturated rings. The molecule has 0 saturated heterocycles. The smallest absolute Gasteiger partial charge is 0.223 e. The summed E-state index contributed by atoms with van der Waals surface area (Å²) in [5, 5.41) is 2.93. The van der Waals surface area contributed by atoms with Crippen molar-refractivity contribution < 1.29 is 8.78 Å². The summed E-state index contributed by atoms with van der Waals surface area (Å²) in [7, 11) is 0. The van der Waals surface area contributed by atoms with E-state index < -0.39 is 11.6 Å².